The minimum absolute atomic E-state index is 0.0300. The molecule has 0 aliphatic heterocycles. The second-order valence-electron chi connectivity index (χ2n) is 11.4. The fourth-order valence-electron chi connectivity index (χ4n) is 3.09. The molecule has 9 heteroatoms. The summed E-state index contributed by atoms with van der Waals surface area (Å²) in [5.41, 5.74) is -0.226. The smallest absolute Gasteiger partial charge is 0.408 e. The Morgan fingerprint density at radius 1 is 0.857 bits per heavy atom. The zero-order chi connectivity index (χ0) is 26.8. The number of carbonyl (C=O) groups is 3. The fourth-order valence-corrected chi connectivity index (χ4v) is 3.09. The second-order valence-corrected chi connectivity index (χ2v) is 11.4. The summed E-state index contributed by atoms with van der Waals surface area (Å²) in [6, 6.07) is 4.26. The number of esters is 2. The maximum Gasteiger partial charge on any atom is 0.408 e. The number of benzene rings is 1. The number of alkyl carbamates (subject to hydrolysis) is 1. The zero-order valence-corrected chi connectivity index (χ0v) is 22.4. The molecule has 2 aromatic rings. The van der Waals surface area contributed by atoms with Crippen LogP contribution in [0.15, 0.2) is 18.2 Å². The maximum absolute atomic E-state index is 13.0. The molecule has 1 heterocycles. The molecule has 9 nitrogen and oxygen atoms in total. The van der Waals surface area contributed by atoms with Gasteiger partial charge in [0.25, 0.3) is 0 Å². The van der Waals surface area contributed by atoms with E-state index in [-0.39, 0.29) is 17.8 Å². The molecule has 0 spiro atoms. The molecule has 0 aliphatic carbocycles. The summed E-state index contributed by atoms with van der Waals surface area (Å²) in [6.07, 6.45) is -0.947. The average molecular weight is 488 g/mol. The molecule has 192 valence electrons. The zero-order valence-electron chi connectivity index (χ0n) is 22.4. The monoisotopic (exact) mass is 487 g/mol. The van der Waals surface area contributed by atoms with Crippen molar-refractivity contribution in [3.8, 4) is 0 Å². The lowest BCUT2D eigenvalue weighted by atomic mass is 10.1. The third kappa shape index (κ3) is 8.81. The molecule has 0 aliphatic rings. The molecule has 0 bridgehead atoms. The van der Waals surface area contributed by atoms with Gasteiger partial charge in [-0.1, -0.05) is 12.1 Å². The van der Waals surface area contributed by atoms with Crippen molar-refractivity contribution >= 4 is 29.1 Å². The standard InChI is InChI=1S/C26H37N3O6/c1-15-12-11-13-16-19(15)28-17(20(27-16)22(31)34-25(5,6)7)14-18(21(30)33-24(2,3)4)29-23(32)35-26(8,9)10/h11-13,18H,14H2,1-10H3,(H,29,32)/t18-/m0/s1. The Bertz CT molecular complexity index is 1110. The van der Waals surface area contributed by atoms with Gasteiger partial charge >= 0.3 is 18.0 Å². The lowest BCUT2D eigenvalue weighted by molar-refractivity contribution is -0.157. The van der Waals surface area contributed by atoms with Crippen LogP contribution >= 0.6 is 0 Å². The van der Waals surface area contributed by atoms with Gasteiger partial charge in [0, 0.05) is 6.42 Å². The first-order valence-electron chi connectivity index (χ1n) is 11.6. The van der Waals surface area contributed by atoms with E-state index < -0.39 is 40.9 Å². The Morgan fingerprint density at radius 3 is 1.97 bits per heavy atom. The molecule has 1 atom stereocenters. The quantitative estimate of drug-likeness (QED) is 0.478. The molecule has 0 saturated heterocycles. The van der Waals surface area contributed by atoms with Crippen LogP contribution in [0.25, 0.3) is 11.0 Å². The minimum Gasteiger partial charge on any atom is -0.458 e. The van der Waals surface area contributed by atoms with Crippen LogP contribution in [0.4, 0.5) is 4.79 Å². The molecule has 1 aromatic heterocycles. The van der Waals surface area contributed by atoms with Gasteiger partial charge in [-0.25, -0.2) is 24.4 Å². The highest BCUT2D eigenvalue weighted by Gasteiger charge is 2.32. The number of hydrogen-bond donors (Lipinski definition) is 1. The van der Waals surface area contributed by atoms with Crippen molar-refractivity contribution < 1.29 is 28.6 Å². The molecule has 1 amide bonds. The number of rotatable bonds is 5. The van der Waals surface area contributed by atoms with Gasteiger partial charge < -0.3 is 19.5 Å². The van der Waals surface area contributed by atoms with Crippen molar-refractivity contribution in [3.63, 3.8) is 0 Å². The van der Waals surface area contributed by atoms with Crippen molar-refractivity contribution in [1.82, 2.24) is 15.3 Å². The Hall–Kier alpha value is -3.23. The van der Waals surface area contributed by atoms with Crippen LogP contribution in [0.2, 0.25) is 0 Å². The highest BCUT2D eigenvalue weighted by molar-refractivity contribution is 5.92. The van der Waals surface area contributed by atoms with E-state index in [1.165, 1.54) is 0 Å². The van der Waals surface area contributed by atoms with E-state index in [1.54, 1.807) is 68.4 Å². The molecule has 0 unspecified atom stereocenters. The lowest BCUT2D eigenvalue weighted by Crippen LogP contribution is -2.47. The lowest BCUT2D eigenvalue weighted by Gasteiger charge is -2.26. The molecule has 1 aromatic carbocycles. The Kier molecular flexibility index (Phi) is 8.14. The molecule has 2 rings (SSSR count). The van der Waals surface area contributed by atoms with E-state index in [0.717, 1.165) is 5.56 Å². The van der Waals surface area contributed by atoms with Gasteiger partial charge in [-0.2, -0.15) is 0 Å². The van der Waals surface area contributed by atoms with Gasteiger partial charge in [-0.15, -0.1) is 0 Å². The molecular weight excluding hydrogens is 450 g/mol. The summed E-state index contributed by atoms with van der Waals surface area (Å²) in [7, 11) is 0. The first kappa shape index (κ1) is 28.0. The molecule has 0 radical (unpaired) electrons. The van der Waals surface area contributed by atoms with Crippen LogP contribution in [0.1, 0.15) is 84.1 Å². The van der Waals surface area contributed by atoms with Crippen molar-refractivity contribution in [2.45, 2.75) is 98.5 Å². The van der Waals surface area contributed by atoms with E-state index in [4.69, 9.17) is 14.2 Å². The van der Waals surface area contributed by atoms with Crippen molar-refractivity contribution in [2.75, 3.05) is 0 Å². The molecular formula is C26H37N3O6. The van der Waals surface area contributed by atoms with E-state index in [0.29, 0.717) is 11.0 Å². The first-order chi connectivity index (χ1) is 15.8. The van der Waals surface area contributed by atoms with Crippen molar-refractivity contribution in [2.24, 2.45) is 0 Å². The van der Waals surface area contributed by atoms with Gasteiger partial charge in [0.05, 0.1) is 16.7 Å². The number of fused-ring (bicyclic) bond motifs is 1. The number of hydrogen-bond acceptors (Lipinski definition) is 8. The number of aryl methyl sites for hydroxylation is 1. The number of ether oxygens (including phenoxy) is 3. The van der Waals surface area contributed by atoms with Crippen LogP contribution in [0, 0.1) is 6.92 Å². The summed E-state index contributed by atoms with van der Waals surface area (Å²) < 4.78 is 16.4. The summed E-state index contributed by atoms with van der Waals surface area (Å²) >= 11 is 0. The number of nitrogens with zero attached hydrogens (tertiary/aromatic N) is 2. The van der Waals surface area contributed by atoms with Crippen LogP contribution < -0.4 is 5.32 Å². The predicted octanol–water partition coefficient (Wildman–Crippen LogP) is 4.67. The van der Waals surface area contributed by atoms with Gasteiger partial charge in [-0.3, -0.25) is 0 Å². The fraction of sp³-hybridized carbons (Fsp3) is 0.577. The Labute approximate surface area is 206 Å². The summed E-state index contributed by atoms with van der Waals surface area (Å²) in [4.78, 5) is 47.8. The van der Waals surface area contributed by atoms with Gasteiger partial charge in [0.1, 0.15) is 22.8 Å². The first-order valence-corrected chi connectivity index (χ1v) is 11.6. The van der Waals surface area contributed by atoms with E-state index >= 15 is 0 Å². The van der Waals surface area contributed by atoms with Crippen LogP contribution in [0.3, 0.4) is 0 Å². The van der Waals surface area contributed by atoms with Crippen molar-refractivity contribution in [1.29, 1.82) is 0 Å². The summed E-state index contributed by atoms with van der Waals surface area (Å²) in [5, 5.41) is 2.57. The molecule has 1 N–H and O–H groups in total. The Morgan fingerprint density at radius 2 is 1.43 bits per heavy atom. The number of aromatic nitrogens is 2. The number of nitrogens with one attached hydrogen (secondary N) is 1. The molecule has 0 fully saturated rings. The van der Waals surface area contributed by atoms with Crippen LogP contribution in [-0.4, -0.2) is 50.8 Å². The number of carbonyl (C=O) groups excluding carboxylic acids is 3. The Balaban J connectivity index is 2.56. The molecule has 35 heavy (non-hydrogen) atoms. The van der Waals surface area contributed by atoms with Gasteiger partial charge in [0.2, 0.25) is 0 Å². The SMILES string of the molecule is Cc1cccc2nc(C(=O)OC(C)(C)C)c(C[C@H](NC(=O)OC(C)(C)C)C(=O)OC(C)(C)C)nc12. The van der Waals surface area contributed by atoms with Crippen LogP contribution in [-0.2, 0) is 25.4 Å². The predicted molar refractivity (Wildman–Crippen MR) is 132 cm³/mol. The summed E-state index contributed by atoms with van der Waals surface area (Å²) in [5.74, 6) is -1.37. The topological polar surface area (TPSA) is 117 Å². The van der Waals surface area contributed by atoms with E-state index in [2.05, 4.69) is 15.3 Å². The van der Waals surface area contributed by atoms with E-state index in [1.807, 2.05) is 19.1 Å². The second kappa shape index (κ2) is 10.2. The maximum atomic E-state index is 13.0. The minimum atomic E-state index is -1.18. The highest BCUT2D eigenvalue weighted by atomic mass is 16.6. The third-order valence-corrected chi connectivity index (χ3v) is 4.34. The third-order valence-electron chi connectivity index (χ3n) is 4.34. The summed E-state index contributed by atoms with van der Waals surface area (Å²) in [6.45, 7) is 17.4. The molecule has 0 saturated carbocycles. The largest absolute Gasteiger partial charge is 0.458 e. The number of para-hydroxylation sites is 1. The van der Waals surface area contributed by atoms with Gasteiger partial charge in [-0.05, 0) is 80.9 Å². The average Bonchev–Trinajstić information content (AvgIpc) is 2.63. The number of amides is 1. The van der Waals surface area contributed by atoms with E-state index in [9.17, 15) is 14.4 Å². The van der Waals surface area contributed by atoms with Crippen LogP contribution in [0.5, 0.6) is 0 Å². The van der Waals surface area contributed by atoms with Gasteiger partial charge in [0.15, 0.2) is 5.69 Å². The van der Waals surface area contributed by atoms with Crippen molar-refractivity contribution in [3.05, 3.63) is 35.2 Å². The normalized spacial score (nSPS) is 13.2. The highest BCUT2D eigenvalue weighted by Crippen LogP contribution is 2.21.